The summed E-state index contributed by atoms with van der Waals surface area (Å²) < 4.78 is 0. The zero-order valence-corrected chi connectivity index (χ0v) is 15.3. The normalized spacial score (nSPS) is 18.1. The van der Waals surface area contributed by atoms with Crippen LogP contribution >= 0.6 is 11.8 Å². The minimum atomic E-state index is 0.150. The number of aromatic nitrogens is 3. The van der Waals surface area contributed by atoms with Gasteiger partial charge in [0, 0.05) is 6.54 Å². The fraction of sp³-hybridized carbons (Fsp3) is 0.500. The minimum absolute atomic E-state index is 0.150. The van der Waals surface area contributed by atoms with Crippen LogP contribution in [0.15, 0.2) is 35.7 Å². The first kappa shape index (κ1) is 17.0. The standard InChI is InChI=1S/C18H24N4OS/c1-18(2,3)14-8-6-13(7-9-14)15-5-4-10-22(15)16(23)11-24-17-19-12-20-21-17/h6-9,12,15H,4-5,10-11H2,1-3H3,(H,19,20,21)/t15-/m0/s1. The lowest BCUT2D eigenvalue weighted by Crippen LogP contribution is -2.32. The monoisotopic (exact) mass is 344 g/mol. The average Bonchev–Trinajstić information content (AvgIpc) is 3.23. The molecule has 1 aliphatic rings. The number of nitrogens with one attached hydrogen (secondary N) is 1. The highest BCUT2D eigenvalue weighted by Crippen LogP contribution is 2.34. The lowest BCUT2D eigenvalue weighted by molar-refractivity contribution is -0.129. The molecule has 0 aliphatic carbocycles. The molecule has 24 heavy (non-hydrogen) atoms. The summed E-state index contributed by atoms with van der Waals surface area (Å²) in [7, 11) is 0. The van der Waals surface area contributed by atoms with E-state index < -0.39 is 0 Å². The van der Waals surface area contributed by atoms with Gasteiger partial charge in [-0.15, -0.1) is 0 Å². The van der Waals surface area contributed by atoms with Crippen LogP contribution in [0.3, 0.4) is 0 Å². The number of rotatable bonds is 4. The summed E-state index contributed by atoms with van der Waals surface area (Å²) in [5, 5.41) is 7.27. The molecule has 0 radical (unpaired) electrons. The van der Waals surface area contributed by atoms with Crippen molar-refractivity contribution < 1.29 is 4.79 Å². The maximum Gasteiger partial charge on any atom is 0.233 e. The van der Waals surface area contributed by atoms with E-state index in [0.29, 0.717) is 10.9 Å². The number of carbonyl (C=O) groups excluding carboxylic acids is 1. The Labute approximate surface area is 147 Å². The van der Waals surface area contributed by atoms with Crippen molar-refractivity contribution in [1.29, 1.82) is 0 Å². The number of amides is 1. The first-order chi connectivity index (χ1) is 11.4. The molecular formula is C18H24N4OS. The van der Waals surface area contributed by atoms with Gasteiger partial charge in [-0.3, -0.25) is 9.89 Å². The van der Waals surface area contributed by atoms with Crippen molar-refractivity contribution in [2.45, 2.75) is 50.2 Å². The van der Waals surface area contributed by atoms with Gasteiger partial charge in [0.15, 0.2) is 5.16 Å². The van der Waals surface area contributed by atoms with Gasteiger partial charge in [-0.25, -0.2) is 4.98 Å². The number of carbonyl (C=O) groups is 1. The largest absolute Gasteiger partial charge is 0.335 e. The number of benzene rings is 1. The molecule has 6 heteroatoms. The summed E-state index contributed by atoms with van der Waals surface area (Å²) >= 11 is 1.40. The van der Waals surface area contributed by atoms with E-state index in [-0.39, 0.29) is 17.4 Å². The van der Waals surface area contributed by atoms with Gasteiger partial charge >= 0.3 is 0 Å². The highest BCUT2D eigenvalue weighted by atomic mass is 32.2. The van der Waals surface area contributed by atoms with E-state index in [9.17, 15) is 4.79 Å². The molecule has 0 bridgehead atoms. The molecule has 1 aromatic carbocycles. The third kappa shape index (κ3) is 3.80. The fourth-order valence-corrected chi connectivity index (χ4v) is 3.76. The van der Waals surface area contributed by atoms with Gasteiger partial charge in [-0.05, 0) is 29.4 Å². The fourth-order valence-electron chi connectivity index (χ4n) is 3.09. The maximum atomic E-state index is 12.6. The van der Waals surface area contributed by atoms with Gasteiger partial charge in [-0.2, -0.15) is 5.10 Å². The Morgan fingerprint density at radius 3 is 2.71 bits per heavy atom. The van der Waals surface area contributed by atoms with Gasteiger partial charge in [-0.1, -0.05) is 56.8 Å². The Balaban J connectivity index is 1.67. The van der Waals surface area contributed by atoms with Gasteiger partial charge < -0.3 is 4.90 Å². The molecule has 1 N–H and O–H groups in total. The Bertz CT molecular complexity index is 676. The van der Waals surface area contributed by atoms with Crippen LogP contribution in [0.5, 0.6) is 0 Å². The second kappa shape index (κ2) is 6.97. The molecule has 1 atom stereocenters. The molecule has 1 aliphatic heterocycles. The van der Waals surface area contributed by atoms with E-state index in [1.807, 2.05) is 4.90 Å². The highest BCUT2D eigenvalue weighted by molar-refractivity contribution is 7.99. The van der Waals surface area contributed by atoms with Crippen LogP contribution in [0, 0.1) is 0 Å². The smallest absolute Gasteiger partial charge is 0.233 e. The zero-order valence-electron chi connectivity index (χ0n) is 14.5. The maximum absolute atomic E-state index is 12.6. The first-order valence-corrected chi connectivity index (χ1v) is 9.32. The Morgan fingerprint density at radius 2 is 2.08 bits per heavy atom. The summed E-state index contributed by atoms with van der Waals surface area (Å²) in [4.78, 5) is 18.7. The van der Waals surface area contributed by atoms with Gasteiger partial charge in [0.2, 0.25) is 5.91 Å². The molecule has 0 saturated carbocycles. The van der Waals surface area contributed by atoms with Crippen molar-refractivity contribution in [3.63, 3.8) is 0 Å². The van der Waals surface area contributed by atoms with Crippen molar-refractivity contribution in [2.24, 2.45) is 0 Å². The molecule has 0 unspecified atom stereocenters. The zero-order chi connectivity index (χ0) is 17.2. The highest BCUT2D eigenvalue weighted by Gasteiger charge is 2.30. The van der Waals surface area contributed by atoms with Gasteiger partial charge in [0.05, 0.1) is 11.8 Å². The predicted molar refractivity (Wildman–Crippen MR) is 95.9 cm³/mol. The van der Waals surface area contributed by atoms with Crippen molar-refractivity contribution in [3.8, 4) is 0 Å². The van der Waals surface area contributed by atoms with Crippen LogP contribution in [0.2, 0.25) is 0 Å². The van der Waals surface area contributed by atoms with E-state index in [2.05, 4.69) is 60.2 Å². The Morgan fingerprint density at radius 1 is 1.33 bits per heavy atom. The molecule has 2 heterocycles. The van der Waals surface area contributed by atoms with E-state index in [0.717, 1.165) is 19.4 Å². The van der Waals surface area contributed by atoms with Crippen molar-refractivity contribution in [3.05, 3.63) is 41.7 Å². The Kier molecular flexibility index (Phi) is 4.94. The van der Waals surface area contributed by atoms with Crippen LogP contribution < -0.4 is 0 Å². The topological polar surface area (TPSA) is 61.9 Å². The number of nitrogens with zero attached hydrogens (tertiary/aromatic N) is 3. The third-order valence-electron chi connectivity index (χ3n) is 4.46. The molecule has 1 amide bonds. The number of likely N-dealkylation sites (tertiary alicyclic amines) is 1. The Hall–Kier alpha value is -1.82. The molecule has 3 rings (SSSR count). The summed E-state index contributed by atoms with van der Waals surface area (Å²) in [6, 6.07) is 8.95. The molecule has 1 aromatic heterocycles. The molecule has 0 spiro atoms. The average molecular weight is 344 g/mol. The van der Waals surface area contributed by atoms with E-state index in [1.165, 1.54) is 29.2 Å². The van der Waals surface area contributed by atoms with Crippen molar-refractivity contribution in [1.82, 2.24) is 20.1 Å². The predicted octanol–water partition coefficient (Wildman–Crippen LogP) is 3.56. The quantitative estimate of drug-likeness (QED) is 0.862. The lowest BCUT2D eigenvalue weighted by Gasteiger charge is -2.26. The van der Waals surface area contributed by atoms with E-state index in [1.54, 1.807) is 0 Å². The summed E-state index contributed by atoms with van der Waals surface area (Å²) in [5.41, 5.74) is 2.71. The number of aromatic amines is 1. The number of H-pyrrole nitrogens is 1. The summed E-state index contributed by atoms with van der Waals surface area (Å²) in [6.07, 6.45) is 3.56. The van der Waals surface area contributed by atoms with Crippen molar-refractivity contribution >= 4 is 17.7 Å². The molecule has 128 valence electrons. The molecule has 1 fully saturated rings. The minimum Gasteiger partial charge on any atom is -0.335 e. The number of hydrogen-bond acceptors (Lipinski definition) is 4. The van der Waals surface area contributed by atoms with Crippen LogP contribution in [0.1, 0.15) is 50.8 Å². The number of hydrogen-bond donors (Lipinski definition) is 1. The SMILES string of the molecule is CC(C)(C)c1ccc([C@@H]2CCCN2C(=O)CSc2ncn[nH]2)cc1. The molecule has 2 aromatic rings. The molecular weight excluding hydrogens is 320 g/mol. The van der Waals surface area contributed by atoms with Gasteiger partial charge in [0.25, 0.3) is 0 Å². The van der Waals surface area contributed by atoms with Crippen LogP contribution in [-0.2, 0) is 10.2 Å². The number of thioether (sulfide) groups is 1. The van der Waals surface area contributed by atoms with Crippen LogP contribution in [-0.4, -0.2) is 38.3 Å². The van der Waals surface area contributed by atoms with E-state index in [4.69, 9.17) is 0 Å². The van der Waals surface area contributed by atoms with Gasteiger partial charge in [0.1, 0.15) is 6.33 Å². The third-order valence-corrected chi connectivity index (χ3v) is 5.32. The molecule has 1 saturated heterocycles. The summed E-state index contributed by atoms with van der Waals surface area (Å²) in [6.45, 7) is 7.48. The second-order valence-corrected chi connectivity index (χ2v) is 8.16. The first-order valence-electron chi connectivity index (χ1n) is 8.33. The lowest BCUT2D eigenvalue weighted by atomic mass is 9.86. The van der Waals surface area contributed by atoms with Crippen LogP contribution in [0.4, 0.5) is 0 Å². The second-order valence-electron chi connectivity index (χ2n) is 7.20. The van der Waals surface area contributed by atoms with E-state index >= 15 is 0 Å². The van der Waals surface area contributed by atoms with Crippen molar-refractivity contribution in [2.75, 3.05) is 12.3 Å². The van der Waals surface area contributed by atoms with Crippen LogP contribution in [0.25, 0.3) is 0 Å². The molecule has 5 nitrogen and oxygen atoms in total. The summed E-state index contributed by atoms with van der Waals surface area (Å²) in [5.74, 6) is 0.560.